The lowest BCUT2D eigenvalue weighted by Crippen LogP contribution is -2.17. The standard InChI is InChI=1S/C48H44N2.C7H11N/c1-7-17-37-32(9-3)27-28-44-45(37)41-26-16-24-39(47(41)50(44)30-29-43(49)33-19-12-11-13-20-33)35-22-14-21-34(31-35)38-23-15-25-40-36(10-4)42(18-8-2)48(5,6)46(38)40;8-6-7-4-2-1-3-5-7/h7-29,31H,3-4,30,49H2,1-2,5-6H3;2,4-5H,1,3,6,8H2/b17-7-,18-8-,43-29-;. The van der Waals surface area contributed by atoms with Crippen molar-refractivity contribution in [3.8, 4) is 22.3 Å². The van der Waals surface area contributed by atoms with E-state index >= 15 is 0 Å². The van der Waals surface area contributed by atoms with Crippen LogP contribution in [0.4, 0.5) is 0 Å². The quantitative estimate of drug-likeness (QED) is 0.146. The average Bonchev–Trinajstić information content (AvgIpc) is 3.71. The van der Waals surface area contributed by atoms with Gasteiger partial charge in [-0.2, -0.15) is 0 Å². The number of hydrogen-bond acceptors (Lipinski definition) is 2. The van der Waals surface area contributed by atoms with Crippen molar-refractivity contribution in [2.45, 2.75) is 52.5 Å². The van der Waals surface area contributed by atoms with Crippen molar-refractivity contribution in [3.05, 3.63) is 204 Å². The highest BCUT2D eigenvalue weighted by Gasteiger charge is 2.37. The molecule has 0 saturated carbocycles. The third kappa shape index (κ3) is 7.42. The first-order valence-electron chi connectivity index (χ1n) is 20.4. The van der Waals surface area contributed by atoms with E-state index in [0.717, 1.165) is 16.8 Å². The number of para-hydroxylation sites is 1. The predicted molar refractivity (Wildman–Crippen MR) is 254 cm³/mol. The van der Waals surface area contributed by atoms with Gasteiger partial charge in [-0.1, -0.05) is 173 Å². The van der Waals surface area contributed by atoms with E-state index in [9.17, 15) is 0 Å². The van der Waals surface area contributed by atoms with Gasteiger partial charge in [0.15, 0.2) is 0 Å². The lowest BCUT2D eigenvalue weighted by Gasteiger charge is -2.26. The normalized spacial score (nSPS) is 14.9. The summed E-state index contributed by atoms with van der Waals surface area (Å²) < 4.78 is 2.43. The number of nitrogens with zero attached hydrogens (tertiary/aromatic N) is 1. The van der Waals surface area contributed by atoms with Crippen LogP contribution in [0.1, 0.15) is 68.4 Å². The smallest absolute Gasteiger partial charge is 0.0574 e. The molecule has 290 valence electrons. The summed E-state index contributed by atoms with van der Waals surface area (Å²) in [6.07, 6.45) is 23.6. The Bertz CT molecular complexity index is 2700. The fourth-order valence-corrected chi connectivity index (χ4v) is 8.84. The van der Waals surface area contributed by atoms with E-state index in [-0.39, 0.29) is 5.41 Å². The molecule has 1 aromatic heterocycles. The number of nitrogens with two attached hydrogens (primary N) is 2. The fourth-order valence-electron chi connectivity index (χ4n) is 8.84. The molecule has 2 aliphatic rings. The second kappa shape index (κ2) is 17.4. The van der Waals surface area contributed by atoms with Crippen LogP contribution >= 0.6 is 0 Å². The summed E-state index contributed by atoms with van der Waals surface area (Å²) in [5.41, 5.74) is 29.6. The molecule has 0 aliphatic heterocycles. The number of rotatable bonds is 10. The average molecular weight is 758 g/mol. The summed E-state index contributed by atoms with van der Waals surface area (Å²) >= 11 is 0. The molecule has 0 radical (unpaired) electrons. The maximum absolute atomic E-state index is 6.68. The van der Waals surface area contributed by atoms with E-state index in [2.05, 4.69) is 179 Å². The Balaban J connectivity index is 0.000000573. The van der Waals surface area contributed by atoms with Crippen molar-refractivity contribution in [1.29, 1.82) is 0 Å². The Morgan fingerprint density at radius 1 is 0.776 bits per heavy atom. The molecule has 0 saturated heterocycles. The minimum Gasteiger partial charge on any atom is -0.398 e. The molecule has 0 amide bonds. The van der Waals surface area contributed by atoms with Gasteiger partial charge in [-0.15, -0.1) is 0 Å². The zero-order chi connectivity index (χ0) is 40.8. The number of allylic oxidation sites excluding steroid dienone is 9. The van der Waals surface area contributed by atoms with E-state index in [1.807, 2.05) is 30.4 Å². The van der Waals surface area contributed by atoms with Gasteiger partial charge in [0.05, 0.1) is 11.0 Å². The topological polar surface area (TPSA) is 57.0 Å². The largest absolute Gasteiger partial charge is 0.398 e. The summed E-state index contributed by atoms with van der Waals surface area (Å²) in [5, 5.41) is 2.44. The van der Waals surface area contributed by atoms with Crippen LogP contribution < -0.4 is 11.5 Å². The first kappa shape index (κ1) is 39.8. The number of hydrogen-bond donors (Lipinski definition) is 2. The Morgan fingerprint density at radius 3 is 2.16 bits per heavy atom. The summed E-state index contributed by atoms with van der Waals surface area (Å²) in [7, 11) is 0. The van der Waals surface area contributed by atoms with Gasteiger partial charge < -0.3 is 16.0 Å². The van der Waals surface area contributed by atoms with Crippen molar-refractivity contribution in [1.82, 2.24) is 4.57 Å². The SMILES string of the molecule is C=CC1=C(/C=C\C)C(C)(C)c2c1cccc2-c1cccc(-c2cccc3c4c(/C=C\C)c(C=C)ccc4n(C/C=C(\N)c4ccccc4)c23)c1.NCC1=CCCC=C1. The molecule has 0 unspecified atom stereocenters. The van der Waals surface area contributed by atoms with Gasteiger partial charge in [-0.25, -0.2) is 0 Å². The van der Waals surface area contributed by atoms with Crippen LogP contribution in [-0.2, 0) is 12.0 Å². The van der Waals surface area contributed by atoms with Gasteiger partial charge in [0, 0.05) is 40.5 Å². The summed E-state index contributed by atoms with van der Waals surface area (Å²) in [6.45, 7) is 18.5. The molecule has 2 aliphatic carbocycles. The zero-order valence-electron chi connectivity index (χ0n) is 34.4. The molecule has 3 heteroatoms. The number of fused-ring (bicyclic) bond motifs is 4. The molecule has 1 heterocycles. The van der Waals surface area contributed by atoms with Gasteiger partial charge >= 0.3 is 0 Å². The molecular weight excluding hydrogens is 703 g/mol. The van der Waals surface area contributed by atoms with Crippen LogP contribution in [0, 0.1) is 0 Å². The van der Waals surface area contributed by atoms with Gasteiger partial charge in [0.25, 0.3) is 0 Å². The highest BCUT2D eigenvalue weighted by atomic mass is 15.0. The lowest BCUT2D eigenvalue weighted by atomic mass is 9.77. The molecule has 0 fully saturated rings. The van der Waals surface area contributed by atoms with Crippen LogP contribution in [0.25, 0.3) is 67.5 Å². The Kier molecular flexibility index (Phi) is 11.9. The summed E-state index contributed by atoms with van der Waals surface area (Å²) in [5.74, 6) is 0. The molecule has 6 aromatic rings. The molecule has 0 atom stereocenters. The monoisotopic (exact) mass is 757 g/mol. The zero-order valence-corrected chi connectivity index (χ0v) is 34.4. The predicted octanol–water partition coefficient (Wildman–Crippen LogP) is 13.8. The number of benzene rings is 5. The first-order chi connectivity index (χ1) is 28.3. The van der Waals surface area contributed by atoms with E-state index in [0.29, 0.717) is 13.1 Å². The molecular formula is C55H55N3. The molecule has 8 rings (SSSR count). The summed E-state index contributed by atoms with van der Waals surface area (Å²) in [6, 6.07) is 37.0. The Morgan fingerprint density at radius 2 is 1.48 bits per heavy atom. The van der Waals surface area contributed by atoms with Crippen molar-refractivity contribution >= 4 is 45.2 Å². The van der Waals surface area contributed by atoms with Crippen molar-refractivity contribution in [2.75, 3.05) is 6.54 Å². The van der Waals surface area contributed by atoms with Gasteiger partial charge in [0.1, 0.15) is 0 Å². The van der Waals surface area contributed by atoms with Crippen molar-refractivity contribution in [3.63, 3.8) is 0 Å². The Hall–Kier alpha value is -6.42. The lowest BCUT2D eigenvalue weighted by molar-refractivity contribution is 0.656. The molecule has 0 spiro atoms. The van der Waals surface area contributed by atoms with Crippen molar-refractivity contribution in [2.24, 2.45) is 11.5 Å². The van der Waals surface area contributed by atoms with Gasteiger partial charge in [-0.3, -0.25) is 0 Å². The van der Waals surface area contributed by atoms with Gasteiger partial charge in [0.2, 0.25) is 0 Å². The maximum atomic E-state index is 6.68. The highest BCUT2D eigenvalue weighted by Crippen LogP contribution is 2.51. The summed E-state index contributed by atoms with van der Waals surface area (Å²) in [4.78, 5) is 0. The van der Waals surface area contributed by atoms with E-state index < -0.39 is 0 Å². The van der Waals surface area contributed by atoms with E-state index in [4.69, 9.17) is 11.5 Å². The van der Waals surface area contributed by atoms with Crippen LogP contribution in [-0.4, -0.2) is 11.1 Å². The van der Waals surface area contributed by atoms with E-state index in [1.165, 1.54) is 90.3 Å². The third-order valence-corrected chi connectivity index (χ3v) is 11.6. The second-order valence-corrected chi connectivity index (χ2v) is 15.4. The Labute approximate surface area is 345 Å². The van der Waals surface area contributed by atoms with Crippen LogP contribution in [0.5, 0.6) is 0 Å². The second-order valence-electron chi connectivity index (χ2n) is 15.4. The van der Waals surface area contributed by atoms with Crippen LogP contribution in [0.3, 0.4) is 0 Å². The molecule has 0 bridgehead atoms. The first-order valence-corrected chi connectivity index (χ1v) is 20.4. The van der Waals surface area contributed by atoms with E-state index in [1.54, 1.807) is 0 Å². The molecule has 5 aromatic carbocycles. The third-order valence-electron chi connectivity index (χ3n) is 11.6. The minimum atomic E-state index is -0.165. The number of aromatic nitrogens is 1. The molecule has 4 N–H and O–H groups in total. The molecule has 3 nitrogen and oxygen atoms in total. The minimum absolute atomic E-state index is 0.165. The van der Waals surface area contributed by atoms with Crippen molar-refractivity contribution < 1.29 is 0 Å². The fraction of sp³-hybridized carbons (Fsp3) is 0.164. The maximum Gasteiger partial charge on any atom is 0.0574 e. The van der Waals surface area contributed by atoms with Crippen LogP contribution in [0.2, 0.25) is 0 Å². The van der Waals surface area contributed by atoms with Crippen LogP contribution in [0.15, 0.2) is 176 Å². The molecule has 58 heavy (non-hydrogen) atoms. The van der Waals surface area contributed by atoms with Gasteiger partial charge in [-0.05, 0) is 106 Å². The highest BCUT2D eigenvalue weighted by molar-refractivity contribution is 6.16.